The zero-order valence-corrected chi connectivity index (χ0v) is 15.5. The molecule has 0 aliphatic carbocycles. The van der Waals surface area contributed by atoms with E-state index in [0.717, 1.165) is 9.79 Å². The van der Waals surface area contributed by atoms with Gasteiger partial charge in [0.1, 0.15) is 5.75 Å². The zero-order valence-electron chi connectivity index (χ0n) is 14.6. The van der Waals surface area contributed by atoms with Crippen LogP contribution in [-0.2, 0) is 4.79 Å². The molecule has 2 N–H and O–H groups in total. The normalized spacial score (nSPS) is 10.1. The van der Waals surface area contributed by atoms with E-state index in [1.54, 1.807) is 36.0 Å². The van der Waals surface area contributed by atoms with Gasteiger partial charge in [-0.1, -0.05) is 48.2 Å². The molecular formula is C21H18N2O3S. The lowest BCUT2D eigenvalue weighted by Gasteiger charge is -2.12. The van der Waals surface area contributed by atoms with Gasteiger partial charge in [0.2, 0.25) is 0 Å². The van der Waals surface area contributed by atoms with Crippen molar-refractivity contribution >= 4 is 35.1 Å². The van der Waals surface area contributed by atoms with Gasteiger partial charge < -0.3 is 15.4 Å². The van der Waals surface area contributed by atoms with Gasteiger partial charge in [0.25, 0.3) is 0 Å². The first kappa shape index (κ1) is 18.5. The average molecular weight is 378 g/mol. The lowest BCUT2D eigenvalue weighted by atomic mass is 10.3. The summed E-state index contributed by atoms with van der Waals surface area (Å²) >= 11 is 1.57. The van der Waals surface area contributed by atoms with Crippen molar-refractivity contribution in [2.45, 2.75) is 16.7 Å². The molecule has 0 saturated heterocycles. The third-order valence-corrected chi connectivity index (χ3v) is 4.54. The Morgan fingerprint density at radius 3 is 2.37 bits per heavy atom. The number of para-hydroxylation sites is 1. The van der Waals surface area contributed by atoms with Crippen LogP contribution < -0.4 is 15.4 Å². The summed E-state index contributed by atoms with van der Waals surface area (Å²) in [5.74, 6) is -0.0381. The summed E-state index contributed by atoms with van der Waals surface area (Å²) in [7, 11) is 0. The van der Waals surface area contributed by atoms with Gasteiger partial charge in [-0.25, -0.2) is 4.79 Å². The number of ether oxygens (including phenoxy) is 1. The van der Waals surface area contributed by atoms with Crippen LogP contribution in [0.4, 0.5) is 16.2 Å². The Hall–Kier alpha value is -3.25. The van der Waals surface area contributed by atoms with Crippen molar-refractivity contribution in [2.24, 2.45) is 0 Å². The molecule has 0 unspecified atom stereocenters. The largest absolute Gasteiger partial charge is 0.427 e. The number of urea groups is 1. The number of nitrogens with one attached hydrogen (secondary N) is 2. The first-order valence-electron chi connectivity index (χ1n) is 8.28. The number of hydrogen-bond acceptors (Lipinski definition) is 4. The minimum absolute atomic E-state index is 0.375. The van der Waals surface area contributed by atoms with E-state index in [4.69, 9.17) is 4.74 Å². The van der Waals surface area contributed by atoms with E-state index in [0.29, 0.717) is 17.1 Å². The van der Waals surface area contributed by atoms with Crippen LogP contribution in [0, 0.1) is 0 Å². The van der Waals surface area contributed by atoms with E-state index in [1.165, 1.54) is 6.92 Å². The van der Waals surface area contributed by atoms with Gasteiger partial charge in [0.15, 0.2) is 0 Å². The molecule has 27 heavy (non-hydrogen) atoms. The molecule has 0 aliphatic rings. The van der Waals surface area contributed by atoms with Crippen LogP contribution in [0.5, 0.6) is 5.75 Å². The SMILES string of the molecule is CC(=O)Oc1cccc(NC(=O)Nc2ccccc2Sc2ccccc2)c1. The van der Waals surface area contributed by atoms with Crippen LogP contribution in [0.3, 0.4) is 0 Å². The molecule has 136 valence electrons. The Morgan fingerprint density at radius 2 is 1.59 bits per heavy atom. The highest BCUT2D eigenvalue weighted by atomic mass is 32.2. The molecule has 0 radical (unpaired) electrons. The topological polar surface area (TPSA) is 67.4 Å². The highest BCUT2D eigenvalue weighted by Crippen LogP contribution is 2.33. The Bertz CT molecular complexity index is 945. The minimum atomic E-state index is -0.413. The highest BCUT2D eigenvalue weighted by molar-refractivity contribution is 7.99. The Kier molecular flexibility index (Phi) is 6.12. The van der Waals surface area contributed by atoms with Crippen LogP contribution >= 0.6 is 11.8 Å². The quantitative estimate of drug-likeness (QED) is 0.460. The lowest BCUT2D eigenvalue weighted by molar-refractivity contribution is -0.131. The zero-order chi connectivity index (χ0) is 19.1. The van der Waals surface area contributed by atoms with Gasteiger partial charge in [0, 0.05) is 28.5 Å². The standard InChI is InChI=1S/C21H18N2O3S/c1-15(24)26-17-9-7-8-16(14-17)22-21(25)23-19-12-5-6-13-20(19)27-18-10-3-2-4-11-18/h2-14H,1H3,(H2,22,23,25). The third-order valence-electron chi connectivity index (χ3n) is 3.46. The van der Waals surface area contributed by atoms with Gasteiger partial charge in [0.05, 0.1) is 5.69 Å². The van der Waals surface area contributed by atoms with Crippen molar-refractivity contribution in [3.8, 4) is 5.75 Å². The molecule has 3 rings (SSSR count). The molecule has 3 aromatic carbocycles. The molecule has 0 spiro atoms. The van der Waals surface area contributed by atoms with E-state index in [-0.39, 0.29) is 6.03 Å². The molecule has 0 aromatic heterocycles. The fourth-order valence-electron chi connectivity index (χ4n) is 2.36. The van der Waals surface area contributed by atoms with Gasteiger partial charge in [-0.05, 0) is 36.4 Å². The molecule has 2 amide bonds. The summed E-state index contributed by atoms with van der Waals surface area (Å²) in [6, 6.07) is 23.8. The van der Waals surface area contributed by atoms with Gasteiger partial charge in [-0.3, -0.25) is 4.79 Å². The summed E-state index contributed by atoms with van der Waals surface area (Å²) in [5, 5.41) is 5.61. The number of carbonyl (C=O) groups is 2. The summed E-state index contributed by atoms with van der Waals surface area (Å²) in [6.45, 7) is 1.33. The highest BCUT2D eigenvalue weighted by Gasteiger charge is 2.09. The number of esters is 1. The van der Waals surface area contributed by atoms with Crippen molar-refractivity contribution in [1.82, 2.24) is 0 Å². The van der Waals surface area contributed by atoms with Gasteiger partial charge in [-0.2, -0.15) is 0 Å². The lowest BCUT2D eigenvalue weighted by Crippen LogP contribution is -2.19. The van der Waals surface area contributed by atoms with Crippen LogP contribution in [0.15, 0.2) is 88.7 Å². The number of amides is 2. The molecule has 0 aliphatic heterocycles. The first-order chi connectivity index (χ1) is 13.1. The maximum Gasteiger partial charge on any atom is 0.323 e. The fraction of sp³-hybridized carbons (Fsp3) is 0.0476. The van der Waals surface area contributed by atoms with Crippen molar-refractivity contribution in [1.29, 1.82) is 0 Å². The van der Waals surface area contributed by atoms with Crippen molar-refractivity contribution in [3.63, 3.8) is 0 Å². The van der Waals surface area contributed by atoms with Crippen LogP contribution in [0.1, 0.15) is 6.92 Å². The smallest absolute Gasteiger partial charge is 0.323 e. The Balaban J connectivity index is 1.69. The monoisotopic (exact) mass is 378 g/mol. The summed E-state index contributed by atoms with van der Waals surface area (Å²) in [4.78, 5) is 25.5. The van der Waals surface area contributed by atoms with Gasteiger partial charge >= 0.3 is 12.0 Å². The number of anilines is 2. The van der Waals surface area contributed by atoms with Crippen LogP contribution in [0.25, 0.3) is 0 Å². The van der Waals surface area contributed by atoms with Crippen LogP contribution in [0.2, 0.25) is 0 Å². The molecule has 0 bridgehead atoms. The molecule has 0 heterocycles. The summed E-state index contributed by atoms with van der Waals surface area (Å²) < 4.78 is 5.03. The summed E-state index contributed by atoms with van der Waals surface area (Å²) in [6.07, 6.45) is 0. The van der Waals surface area contributed by atoms with Crippen molar-refractivity contribution < 1.29 is 14.3 Å². The van der Waals surface area contributed by atoms with E-state index in [2.05, 4.69) is 10.6 Å². The molecule has 5 nitrogen and oxygen atoms in total. The van der Waals surface area contributed by atoms with E-state index >= 15 is 0 Å². The second-order valence-corrected chi connectivity index (χ2v) is 6.73. The molecule has 0 fully saturated rings. The number of hydrogen-bond donors (Lipinski definition) is 2. The van der Waals surface area contributed by atoms with E-state index < -0.39 is 5.97 Å². The predicted molar refractivity (Wildman–Crippen MR) is 107 cm³/mol. The molecular weight excluding hydrogens is 360 g/mol. The third kappa shape index (κ3) is 5.62. The second-order valence-electron chi connectivity index (χ2n) is 5.61. The Morgan fingerprint density at radius 1 is 0.852 bits per heavy atom. The number of rotatable bonds is 5. The van der Waals surface area contributed by atoms with E-state index in [1.807, 2.05) is 54.6 Å². The predicted octanol–water partition coefficient (Wildman–Crippen LogP) is 5.41. The van der Waals surface area contributed by atoms with Crippen molar-refractivity contribution in [3.05, 3.63) is 78.9 Å². The molecule has 0 atom stereocenters. The van der Waals surface area contributed by atoms with E-state index in [9.17, 15) is 9.59 Å². The van der Waals surface area contributed by atoms with Crippen molar-refractivity contribution in [2.75, 3.05) is 10.6 Å². The minimum Gasteiger partial charge on any atom is -0.427 e. The first-order valence-corrected chi connectivity index (χ1v) is 9.10. The summed E-state index contributed by atoms with van der Waals surface area (Å²) in [5.41, 5.74) is 1.24. The fourth-order valence-corrected chi connectivity index (χ4v) is 3.29. The second kappa shape index (κ2) is 8.91. The average Bonchev–Trinajstić information content (AvgIpc) is 2.64. The maximum absolute atomic E-state index is 12.4. The van der Waals surface area contributed by atoms with Crippen LogP contribution in [-0.4, -0.2) is 12.0 Å². The Labute approximate surface area is 161 Å². The molecule has 6 heteroatoms. The molecule has 0 saturated carbocycles. The maximum atomic E-state index is 12.4. The number of benzene rings is 3. The number of carbonyl (C=O) groups excluding carboxylic acids is 2. The molecule has 3 aromatic rings. The van der Waals surface area contributed by atoms with Gasteiger partial charge in [-0.15, -0.1) is 0 Å².